The smallest absolute Gasteiger partial charge is 0.359 e. The lowest BCUT2D eigenvalue weighted by molar-refractivity contribution is 0.0595. The Morgan fingerprint density at radius 2 is 2.14 bits per heavy atom. The van der Waals surface area contributed by atoms with E-state index in [0.717, 1.165) is 16.5 Å². The molecule has 0 unspecified atom stereocenters. The molecule has 1 heterocycles. The van der Waals surface area contributed by atoms with Crippen LogP contribution in [-0.4, -0.2) is 29.5 Å². The first-order valence-electron chi connectivity index (χ1n) is 6.92. The highest BCUT2D eigenvalue weighted by molar-refractivity contribution is 6.02. The lowest BCUT2D eigenvalue weighted by atomic mass is 10.1. The number of carbonyl (C=O) groups is 1. The fourth-order valence-corrected chi connectivity index (χ4v) is 2.21. The summed E-state index contributed by atoms with van der Waals surface area (Å²) < 4.78 is 12.1. The zero-order valence-electron chi connectivity index (χ0n) is 12.8. The van der Waals surface area contributed by atoms with E-state index in [1.54, 1.807) is 0 Å². The van der Waals surface area contributed by atoms with Gasteiger partial charge in [0.25, 0.3) is 0 Å². The van der Waals surface area contributed by atoms with Crippen LogP contribution in [0.4, 0.5) is 0 Å². The lowest BCUT2D eigenvalue weighted by Gasteiger charge is -2.09. The third kappa shape index (κ3) is 2.77. The summed E-state index contributed by atoms with van der Waals surface area (Å²) in [6.45, 7) is 10.4. The van der Waals surface area contributed by atoms with Crippen LogP contribution < -0.4 is 0 Å². The Bertz CT molecular complexity index is 686. The minimum absolute atomic E-state index is 0.145. The molecule has 0 N–H and O–H groups in total. The van der Waals surface area contributed by atoms with E-state index >= 15 is 0 Å². The van der Waals surface area contributed by atoms with Gasteiger partial charge in [-0.1, -0.05) is 6.58 Å². The van der Waals surface area contributed by atoms with E-state index in [9.17, 15) is 4.79 Å². The highest BCUT2D eigenvalue weighted by atomic mass is 16.5. The Labute approximate surface area is 124 Å². The maximum absolute atomic E-state index is 11.9. The van der Waals surface area contributed by atoms with Crippen LogP contribution in [0.3, 0.4) is 0 Å². The number of carbonyl (C=O) groups excluding carboxylic acids is 1. The van der Waals surface area contributed by atoms with Crippen molar-refractivity contribution in [1.82, 2.24) is 9.78 Å². The van der Waals surface area contributed by atoms with Crippen molar-refractivity contribution in [2.75, 3.05) is 13.7 Å². The van der Waals surface area contributed by atoms with Crippen LogP contribution in [0.25, 0.3) is 16.7 Å². The maximum atomic E-state index is 11.9. The predicted molar refractivity (Wildman–Crippen MR) is 82.1 cm³/mol. The Kier molecular flexibility index (Phi) is 4.31. The minimum Gasteiger partial charge on any atom is -0.494 e. The molecule has 5 heteroatoms. The second-order valence-electron chi connectivity index (χ2n) is 4.97. The van der Waals surface area contributed by atoms with Gasteiger partial charge in [0, 0.05) is 17.0 Å². The molecule has 0 aliphatic rings. The predicted octanol–water partition coefficient (Wildman–Crippen LogP) is 3.41. The molecule has 1 aromatic carbocycles. The number of esters is 1. The summed E-state index contributed by atoms with van der Waals surface area (Å²) in [5.41, 5.74) is 2.03. The molecule has 0 aliphatic heterocycles. The second kappa shape index (κ2) is 5.99. The monoisotopic (exact) mass is 288 g/mol. The zero-order valence-corrected chi connectivity index (χ0v) is 12.8. The van der Waals surface area contributed by atoms with E-state index < -0.39 is 5.97 Å². The molecule has 112 valence electrons. The first-order chi connectivity index (χ1) is 9.99. The van der Waals surface area contributed by atoms with Crippen molar-refractivity contribution in [2.24, 2.45) is 0 Å². The Balaban J connectivity index is 2.63. The van der Waals surface area contributed by atoms with Gasteiger partial charge in [0.2, 0.25) is 0 Å². The third-order valence-corrected chi connectivity index (χ3v) is 3.21. The number of rotatable bonds is 5. The van der Waals surface area contributed by atoms with E-state index in [4.69, 9.17) is 9.47 Å². The number of hydrogen-bond acceptors (Lipinski definition) is 4. The van der Waals surface area contributed by atoms with E-state index in [-0.39, 0.29) is 6.04 Å². The van der Waals surface area contributed by atoms with E-state index in [1.165, 1.54) is 7.11 Å². The van der Waals surface area contributed by atoms with Crippen LogP contribution in [0.15, 0.2) is 24.8 Å². The number of methoxy groups -OCH3 is 1. The molecule has 1 aromatic heterocycles. The summed E-state index contributed by atoms with van der Waals surface area (Å²) in [6, 6.07) is 5.86. The summed E-state index contributed by atoms with van der Waals surface area (Å²) in [6.07, 6.45) is 0. The lowest BCUT2D eigenvalue weighted by Crippen LogP contribution is -2.06. The van der Waals surface area contributed by atoms with Gasteiger partial charge >= 0.3 is 5.97 Å². The van der Waals surface area contributed by atoms with Crippen molar-refractivity contribution in [1.29, 1.82) is 0 Å². The summed E-state index contributed by atoms with van der Waals surface area (Å²) in [7, 11) is 1.35. The number of hydrogen-bond donors (Lipinski definition) is 0. The molecule has 0 spiro atoms. The number of fused-ring (bicyclic) bond motifs is 1. The van der Waals surface area contributed by atoms with Crippen LogP contribution in [0.1, 0.15) is 42.9 Å². The van der Waals surface area contributed by atoms with Crippen LogP contribution in [0, 0.1) is 0 Å². The van der Waals surface area contributed by atoms with Gasteiger partial charge < -0.3 is 9.47 Å². The normalized spacial score (nSPS) is 10.9. The number of nitrogens with zero attached hydrogens (tertiary/aromatic N) is 2. The Morgan fingerprint density at radius 1 is 1.43 bits per heavy atom. The SMILES string of the molecule is C=C(OCC)c1ccc2c(c1)c(C(=O)OC)nn2C(C)C. The summed E-state index contributed by atoms with van der Waals surface area (Å²) in [5.74, 6) is 0.131. The largest absolute Gasteiger partial charge is 0.494 e. The first-order valence-corrected chi connectivity index (χ1v) is 6.92. The fourth-order valence-electron chi connectivity index (χ4n) is 2.21. The van der Waals surface area contributed by atoms with Crippen LogP contribution in [-0.2, 0) is 9.47 Å². The van der Waals surface area contributed by atoms with Gasteiger partial charge in [-0.15, -0.1) is 0 Å². The van der Waals surface area contributed by atoms with E-state index in [2.05, 4.69) is 11.7 Å². The van der Waals surface area contributed by atoms with Crippen LogP contribution in [0.5, 0.6) is 0 Å². The molecule has 0 aliphatic carbocycles. The quantitative estimate of drug-likeness (QED) is 0.625. The van der Waals surface area contributed by atoms with Crippen LogP contribution in [0.2, 0.25) is 0 Å². The first kappa shape index (κ1) is 15.1. The highest BCUT2D eigenvalue weighted by Gasteiger charge is 2.19. The maximum Gasteiger partial charge on any atom is 0.359 e. The minimum atomic E-state index is -0.446. The average molecular weight is 288 g/mol. The molecule has 0 amide bonds. The number of aromatic nitrogens is 2. The van der Waals surface area contributed by atoms with E-state index in [1.807, 2.05) is 43.7 Å². The number of ether oxygens (including phenoxy) is 2. The van der Waals surface area contributed by atoms with Gasteiger partial charge in [-0.25, -0.2) is 4.79 Å². The molecule has 21 heavy (non-hydrogen) atoms. The van der Waals surface area contributed by atoms with Crippen molar-refractivity contribution < 1.29 is 14.3 Å². The molecule has 5 nitrogen and oxygen atoms in total. The topological polar surface area (TPSA) is 53.4 Å². The molecule has 2 aromatic rings. The molecule has 0 radical (unpaired) electrons. The molecule has 0 bridgehead atoms. The van der Waals surface area contributed by atoms with Crippen molar-refractivity contribution >= 4 is 22.6 Å². The molecule has 0 fully saturated rings. The van der Waals surface area contributed by atoms with Crippen molar-refractivity contribution in [3.63, 3.8) is 0 Å². The second-order valence-corrected chi connectivity index (χ2v) is 4.97. The van der Waals surface area contributed by atoms with Gasteiger partial charge in [-0.3, -0.25) is 4.68 Å². The Hall–Kier alpha value is -2.30. The highest BCUT2D eigenvalue weighted by Crippen LogP contribution is 2.26. The molecule has 0 saturated carbocycles. The summed E-state index contributed by atoms with van der Waals surface area (Å²) in [5, 5.41) is 5.12. The summed E-state index contributed by atoms with van der Waals surface area (Å²) >= 11 is 0. The van der Waals surface area contributed by atoms with E-state index in [0.29, 0.717) is 18.1 Å². The van der Waals surface area contributed by atoms with Crippen molar-refractivity contribution in [3.05, 3.63) is 36.0 Å². The van der Waals surface area contributed by atoms with Crippen LogP contribution >= 0.6 is 0 Å². The fraction of sp³-hybridized carbons (Fsp3) is 0.375. The van der Waals surface area contributed by atoms with Gasteiger partial charge in [-0.2, -0.15) is 5.10 Å². The zero-order chi connectivity index (χ0) is 15.6. The number of benzene rings is 1. The standard InChI is InChI=1S/C16H20N2O3/c1-6-21-11(4)12-7-8-14-13(9-12)15(16(19)20-5)17-18(14)10(2)3/h7-10H,4,6H2,1-3,5H3. The van der Waals surface area contributed by atoms with Gasteiger partial charge in [0.05, 0.1) is 19.2 Å². The van der Waals surface area contributed by atoms with Crippen molar-refractivity contribution in [2.45, 2.75) is 26.8 Å². The molecule has 0 saturated heterocycles. The van der Waals surface area contributed by atoms with Gasteiger partial charge in [-0.05, 0) is 39.0 Å². The third-order valence-electron chi connectivity index (χ3n) is 3.21. The van der Waals surface area contributed by atoms with Gasteiger partial charge in [0.15, 0.2) is 5.69 Å². The summed E-state index contributed by atoms with van der Waals surface area (Å²) in [4.78, 5) is 11.9. The van der Waals surface area contributed by atoms with Crippen molar-refractivity contribution in [3.8, 4) is 0 Å². The molecular weight excluding hydrogens is 268 g/mol. The molecule has 0 atom stereocenters. The Morgan fingerprint density at radius 3 is 2.71 bits per heavy atom. The molecular formula is C16H20N2O3. The molecule has 2 rings (SSSR count). The average Bonchev–Trinajstić information content (AvgIpc) is 2.85. The van der Waals surface area contributed by atoms with Gasteiger partial charge in [0.1, 0.15) is 5.76 Å².